The number of halogens is 3. The van der Waals surface area contributed by atoms with Gasteiger partial charge in [0.2, 0.25) is 0 Å². The molecule has 3 nitrogen and oxygen atoms in total. The molecule has 1 aliphatic rings. The third-order valence-electron chi connectivity index (χ3n) is 4.13. The Kier molecular flexibility index (Phi) is 4.33. The van der Waals surface area contributed by atoms with E-state index in [4.69, 9.17) is 0 Å². The summed E-state index contributed by atoms with van der Waals surface area (Å²) in [6.07, 6.45) is -4.63. The average molecular weight is 350 g/mol. The molecule has 0 saturated heterocycles. The Morgan fingerprint density at radius 1 is 1.29 bits per heavy atom. The average Bonchev–Trinajstić information content (AvgIpc) is 2.87. The summed E-state index contributed by atoms with van der Waals surface area (Å²) in [5, 5.41) is 11.0. The van der Waals surface area contributed by atoms with Crippen LogP contribution in [0.1, 0.15) is 27.5 Å². The summed E-state index contributed by atoms with van der Waals surface area (Å²) >= 11 is 1.37. The summed E-state index contributed by atoms with van der Waals surface area (Å²) in [7, 11) is 0. The van der Waals surface area contributed by atoms with E-state index < -0.39 is 12.1 Å². The lowest BCUT2D eigenvalue weighted by atomic mass is 9.94. The number of amides is 1. The molecule has 1 aliphatic heterocycles. The van der Waals surface area contributed by atoms with Crippen molar-refractivity contribution in [2.24, 2.45) is 0 Å². The van der Waals surface area contributed by atoms with Crippen LogP contribution in [0.15, 0.2) is 35.7 Å². The summed E-state index contributed by atoms with van der Waals surface area (Å²) in [5.74, 6) is -2.18. The zero-order valence-electron chi connectivity index (χ0n) is 12.5. The number of hydrogen-bond donors (Lipinski definition) is 0. The highest BCUT2D eigenvalue weighted by atomic mass is 32.1. The zero-order chi connectivity index (χ0) is 17.3. The molecular formula is C17H13F3N2OS. The van der Waals surface area contributed by atoms with Gasteiger partial charge in [0, 0.05) is 29.3 Å². The Balaban J connectivity index is 2.04. The van der Waals surface area contributed by atoms with Gasteiger partial charge in [-0.05, 0) is 17.5 Å². The van der Waals surface area contributed by atoms with E-state index >= 15 is 0 Å². The Morgan fingerprint density at radius 3 is 2.62 bits per heavy atom. The number of nitriles is 1. The fourth-order valence-corrected chi connectivity index (χ4v) is 4.16. The van der Waals surface area contributed by atoms with Gasteiger partial charge in [0.1, 0.15) is 6.07 Å². The number of hydrogen-bond acceptors (Lipinski definition) is 3. The van der Waals surface area contributed by atoms with Gasteiger partial charge in [0.05, 0.1) is 5.56 Å². The van der Waals surface area contributed by atoms with Crippen LogP contribution in [0, 0.1) is 11.3 Å². The topological polar surface area (TPSA) is 44.1 Å². The van der Waals surface area contributed by atoms with Crippen molar-refractivity contribution in [2.75, 3.05) is 13.1 Å². The molecule has 0 aliphatic carbocycles. The summed E-state index contributed by atoms with van der Waals surface area (Å²) in [6.45, 7) is -0.0825. The molecular weight excluding hydrogens is 337 g/mol. The number of thiophene rings is 1. The summed E-state index contributed by atoms with van der Waals surface area (Å²) in [5.41, 5.74) is 2.08. The van der Waals surface area contributed by atoms with Crippen LogP contribution in [-0.2, 0) is 11.2 Å². The Bertz CT molecular complexity index is 792. The van der Waals surface area contributed by atoms with E-state index in [0.717, 1.165) is 20.9 Å². The molecule has 0 N–H and O–H groups in total. The quantitative estimate of drug-likeness (QED) is 0.787. The molecule has 0 bridgehead atoms. The van der Waals surface area contributed by atoms with Gasteiger partial charge in [-0.3, -0.25) is 4.79 Å². The minimum absolute atomic E-state index is 0.0409. The van der Waals surface area contributed by atoms with Gasteiger partial charge in [-0.15, -0.1) is 11.3 Å². The molecule has 1 atom stereocenters. The van der Waals surface area contributed by atoms with E-state index in [2.05, 4.69) is 6.07 Å². The van der Waals surface area contributed by atoms with Crippen LogP contribution < -0.4 is 0 Å². The molecule has 1 amide bonds. The van der Waals surface area contributed by atoms with Crippen LogP contribution in [0.25, 0.3) is 0 Å². The van der Waals surface area contributed by atoms with Crippen LogP contribution in [0.2, 0.25) is 0 Å². The predicted molar refractivity (Wildman–Crippen MR) is 83.7 cm³/mol. The van der Waals surface area contributed by atoms with Gasteiger partial charge in [0.15, 0.2) is 0 Å². The number of benzene rings is 1. The van der Waals surface area contributed by atoms with E-state index in [9.17, 15) is 23.2 Å². The highest BCUT2D eigenvalue weighted by Crippen LogP contribution is 2.38. The van der Waals surface area contributed by atoms with Crippen molar-refractivity contribution in [1.29, 1.82) is 5.26 Å². The van der Waals surface area contributed by atoms with Crippen LogP contribution in [-0.4, -0.2) is 30.1 Å². The lowest BCUT2D eigenvalue weighted by molar-refractivity contribution is -0.185. The fraction of sp³-hybridized carbons (Fsp3) is 0.294. The first kappa shape index (κ1) is 16.5. The number of alkyl halides is 3. The van der Waals surface area contributed by atoms with Gasteiger partial charge in [-0.1, -0.05) is 30.3 Å². The van der Waals surface area contributed by atoms with Gasteiger partial charge in [-0.25, -0.2) is 0 Å². The standard InChI is InChI=1S/C17H13F3N2OS/c18-17(19,20)16(23)22-7-6-13-12(8-21)10-24-15(13)14(9-22)11-4-2-1-3-5-11/h1-5,10,14H,6-7,9H2. The smallest absolute Gasteiger partial charge is 0.334 e. The Morgan fingerprint density at radius 2 is 2.00 bits per heavy atom. The van der Waals surface area contributed by atoms with Crippen LogP contribution in [0.4, 0.5) is 13.2 Å². The Hall–Kier alpha value is -2.33. The molecule has 1 aromatic heterocycles. The third kappa shape index (κ3) is 3.02. The maximum absolute atomic E-state index is 12.9. The number of rotatable bonds is 1. The lowest BCUT2D eigenvalue weighted by Gasteiger charge is -2.25. The SMILES string of the molecule is N#Cc1csc2c1CCN(C(=O)C(F)(F)F)CC2c1ccccc1. The second kappa shape index (κ2) is 6.29. The molecule has 2 aromatic rings. The van der Waals surface area contributed by atoms with Crippen LogP contribution in [0.3, 0.4) is 0 Å². The molecule has 0 radical (unpaired) electrons. The minimum Gasteiger partial charge on any atom is -0.334 e. The van der Waals surface area contributed by atoms with E-state index in [1.54, 1.807) is 5.38 Å². The molecule has 124 valence electrons. The van der Waals surface area contributed by atoms with Gasteiger partial charge < -0.3 is 4.90 Å². The van der Waals surface area contributed by atoms with Gasteiger partial charge in [0.25, 0.3) is 0 Å². The molecule has 1 unspecified atom stereocenters. The second-order valence-corrected chi connectivity index (χ2v) is 6.48. The highest BCUT2D eigenvalue weighted by Gasteiger charge is 2.44. The highest BCUT2D eigenvalue weighted by molar-refractivity contribution is 7.10. The first-order valence-electron chi connectivity index (χ1n) is 7.33. The van der Waals surface area contributed by atoms with Crippen LogP contribution in [0.5, 0.6) is 0 Å². The third-order valence-corrected chi connectivity index (χ3v) is 5.27. The minimum atomic E-state index is -4.89. The predicted octanol–water partition coefficient (Wildman–Crippen LogP) is 3.70. The van der Waals surface area contributed by atoms with Gasteiger partial charge >= 0.3 is 12.1 Å². The van der Waals surface area contributed by atoms with Crippen molar-refractivity contribution >= 4 is 17.2 Å². The van der Waals surface area contributed by atoms with E-state index in [0.29, 0.717) is 5.56 Å². The zero-order valence-corrected chi connectivity index (χ0v) is 13.3. The summed E-state index contributed by atoms with van der Waals surface area (Å²) in [6, 6.07) is 11.2. The Labute approximate surface area is 140 Å². The largest absolute Gasteiger partial charge is 0.471 e. The summed E-state index contributed by atoms with van der Waals surface area (Å²) < 4.78 is 38.6. The van der Waals surface area contributed by atoms with E-state index in [-0.39, 0.29) is 25.4 Å². The lowest BCUT2D eigenvalue weighted by Crippen LogP contribution is -2.43. The van der Waals surface area contributed by atoms with Crippen molar-refractivity contribution in [2.45, 2.75) is 18.5 Å². The van der Waals surface area contributed by atoms with Crippen LogP contribution >= 0.6 is 11.3 Å². The fourth-order valence-electron chi connectivity index (χ4n) is 2.99. The second-order valence-electron chi connectivity index (χ2n) is 5.57. The summed E-state index contributed by atoms with van der Waals surface area (Å²) in [4.78, 5) is 13.4. The van der Waals surface area contributed by atoms with Crippen molar-refractivity contribution in [1.82, 2.24) is 4.90 Å². The number of nitrogens with zero attached hydrogens (tertiary/aromatic N) is 2. The first-order valence-corrected chi connectivity index (χ1v) is 8.21. The van der Waals surface area contributed by atoms with Crippen molar-refractivity contribution in [3.8, 4) is 6.07 Å². The number of fused-ring (bicyclic) bond motifs is 1. The molecule has 2 heterocycles. The molecule has 0 fully saturated rings. The molecule has 1 aromatic carbocycles. The molecule has 3 rings (SSSR count). The molecule has 0 saturated carbocycles. The van der Waals surface area contributed by atoms with Gasteiger partial charge in [-0.2, -0.15) is 18.4 Å². The number of carbonyl (C=O) groups is 1. The molecule has 24 heavy (non-hydrogen) atoms. The van der Waals surface area contributed by atoms with E-state index in [1.165, 1.54) is 11.3 Å². The first-order chi connectivity index (χ1) is 11.4. The van der Waals surface area contributed by atoms with E-state index in [1.807, 2.05) is 30.3 Å². The number of carbonyl (C=O) groups excluding carboxylic acids is 1. The monoisotopic (exact) mass is 350 g/mol. The molecule has 7 heteroatoms. The normalized spacial score (nSPS) is 17.8. The maximum Gasteiger partial charge on any atom is 0.471 e. The van der Waals surface area contributed by atoms with Crippen molar-refractivity contribution in [3.63, 3.8) is 0 Å². The molecule has 0 spiro atoms. The van der Waals surface area contributed by atoms with Crippen molar-refractivity contribution in [3.05, 3.63) is 57.3 Å². The van der Waals surface area contributed by atoms with Crippen molar-refractivity contribution < 1.29 is 18.0 Å². The maximum atomic E-state index is 12.9.